The largest absolute Gasteiger partial charge is 0.397 e. The van der Waals surface area contributed by atoms with Crippen LogP contribution >= 0.6 is 0 Å². The Balaban J connectivity index is 1.19. The molecular formula is C33H61N3O6S. The van der Waals surface area contributed by atoms with Crippen LogP contribution in [0.15, 0.2) is 0 Å². The molecule has 6 N–H and O–H groups in total. The van der Waals surface area contributed by atoms with Gasteiger partial charge in [-0.05, 0) is 144 Å². The third kappa shape index (κ3) is 7.02. The average molecular weight is 628 g/mol. The van der Waals surface area contributed by atoms with E-state index in [1.807, 2.05) is 13.8 Å². The number of aliphatic hydroxyl groups excluding tert-OH is 1. The molecule has 5 rings (SSSR count). The number of ether oxygens (including phenoxy) is 1. The highest BCUT2D eigenvalue weighted by atomic mass is 32.3. The second-order valence-corrected chi connectivity index (χ2v) is 16.7. The molecule has 12 atom stereocenters. The summed E-state index contributed by atoms with van der Waals surface area (Å²) in [4.78, 5) is 0. The van der Waals surface area contributed by atoms with Crippen LogP contribution < -0.4 is 16.4 Å². The van der Waals surface area contributed by atoms with E-state index < -0.39 is 16.5 Å². The van der Waals surface area contributed by atoms with E-state index in [2.05, 4.69) is 24.5 Å². The molecule has 4 aliphatic carbocycles. The Morgan fingerprint density at radius 2 is 1.74 bits per heavy atom. The van der Waals surface area contributed by atoms with Crippen molar-refractivity contribution in [2.24, 2.45) is 52.1 Å². The summed E-state index contributed by atoms with van der Waals surface area (Å²) in [5.74, 6) is 2.23. The molecular weight excluding hydrogens is 566 g/mol. The third-order valence-electron chi connectivity index (χ3n) is 13.1. The zero-order valence-electron chi connectivity index (χ0n) is 27.2. The van der Waals surface area contributed by atoms with Crippen LogP contribution in [0.2, 0.25) is 0 Å². The lowest BCUT2D eigenvalue weighted by atomic mass is 9.43. The van der Waals surface area contributed by atoms with Crippen molar-refractivity contribution in [1.29, 1.82) is 0 Å². The van der Waals surface area contributed by atoms with E-state index >= 15 is 0 Å². The molecule has 9 nitrogen and oxygen atoms in total. The van der Waals surface area contributed by atoms with Crippen molar-refractivity contribution in [3.63, 3.8) is 0 Å². The Morgan fingerprint density at radius 1 is 1.00 bits per heavy atom. The van der Waals surface area contributed by atoms with Crippen LogP contribution in [0.25, 0.3) is 0 Å². The van der Waals surface area contributed by atoms with Crippen LogP contribution in [0.4, 0.5) is 0 Å². The lowest BCUT2D eigenvalue weighted by Gasteiger charge is -2.63. The van der Waals surface area contributed by atoms with Gasteiger partial charge in [-0.15, -0.1) is 0 Å². The van der Waals surface area contributed by atoms with Gasteiger partial charge in [-0.3, -0.25) is 4.55 Å². The van der Waals surface area contributed by atoms with Gasteiger partial charge in [0.25, 0.3) is 0 Å². The van der Waals surface area contributed by atoms with Gasteiger partial charge in [-0.1, -0.05) is 27.7 Å². The number of nitrogens with one attached hydrogen (secondary N) is 2. The van der Waals surface area contributed by atoms with Gasteiger partial charge in [0, 0.05) is 11.5 Å². The van der Waals surface area contributed by atoms with E-state index in [0.717, 1.165) is 84.0 Å². The van der Waals surface area contributed by atoms with Crippen LogP contribution in [-0.2, 0) is 19.3 Å². The van der Waals surface area contributed by atoms with Gasteiger partial charge in [0.05, 0.1) is 24.4 Å². The molecule has 5 aliphatic rings. The Hall–Kier alpha value is -0.330. The number of nitrogens with two attached hydrogens (primary N) is 1. The van der Waals surface area contributed by atoms with E-state index in [1.54, 1.807) is 0 Å². The number of aliphatic hydroxyl groups is 1. The van der Waals surface area contributed by atoms with Gasteiger partial charge < -0.3 is 26.2 Å². The maximum atomic E-state index is 11.8. The summed E-state index contributed by atoms with van der Waals surface area (Å²) >= 11 is 0. The van der Waals surface area contributed by atoms with Gasteiger partial charge in [-0.2, -0.15) is 8.42 Å². The summed E-state index contributed by atoms with van der Waals surface area (Å²) in [7, 11) is -4.49. The van der Waals surface area contributed by atoms with E-state index in [4.69, 9.17) is 14.7 Å². The molecule has 4 saturated carbocycles. The highest BCUT2D eigenvalue weighted by Gasteiger charge is 2.69. The van der Waals surface area contributed by atoms with Gasteiger partial charge in [0.1, 0.15) is 0 Å². The fraction of sp³-hybridized carbons (Fsp3) is 1.00. The molecule has 1 heterocycles. The number of hydrogen-bond acceptors (Lipinski definition) is 8. The van der Waals surface area contributed by atoms with Crippen LogP contribution in [0.3, 0.4) is 0 Å². The number of fused-ring (bicyclic) bond motifs is 4. The Bertz CT molecular complexity index is 1030. The van der Waals surface area contributed by atoms with E-state index in [9.17, 15) is 18.1 Å². The van der Waals surface area contributed by atoms with Crippen molar-refractivity contribution in [3.05, 3.63) is 0 Å². The molecule has 1 saturated heterocycles. The first-order valence-electron chi connectivity index (χ1n) is 17.5. The molecule has 5 fully saturated rings. The van der Waals surface area contributed by atoms with Crippen LogP contribution in [0, 0.1) is 46.3 Å². The predicted molar refractivity (Wildman–Crippen MR) is 169 cm³/mol. The maximum absolute atomic E-state index is 11.8. The van der Waals surface area contributed by atoms with E-state index in [1.165, 1.54) is 12.8 Å². The normalized spacial score (nSPS) is 42.9. The molecule has 0 spiro atoms. The molecule has 0 radical (unpaired) electrons. The van der Waals surface area contributed by atoms with Crippen LogP contribution in [0.5, 0.6) is 0 Å². The summed E-state index contributed by atoms with van der Waals surface area (Å²) in [5.41, 5.74) is 5.88. The molecule has 0 aromatic heterocycles. The van der Waals surface area contributed by atoms with Crippen LogP contribution in [0.1, 0.15) is 105 Å². The topological polar surface area (TPSA) is 143 Å². The highest BCUT2D eigenvalue weighted by Crippen LogP contribution is 2.70. The molecule has 0 bridgehead atoms. The summed E-state index contributed by atoms with van der Waals surface area (Å²) in [6.07, 6.45) is 11.9. The minimum absolute atomic E-state index is 0.0276. The molecule has 7 unspecified atom stereocenters. The zero-order valence-corrected chi connectivity index (χ0v) is 28.0. The van der Waals surface area contributed by atoms with Crippen molar-refractivity contribution in [3.8, 4) is 0 Å². The fourth-order valence-electron chi connectivity index (χ4n) is 10.8. The highest BCUT2D eigenvalue weighted by molar-refractivity contribution is 7.80. The average Bonchev–Trinajstić information content (AvgIpc) is 3.43. The summed E-state index contributed by atoms with van der Waals surface area (Å²) in [6, 6.07) is 0.537. The van der Waals surface area contributed by atoms with Gasteiger partial charge >= 0.3 is 10.4 Å². The lowest BCUT2D eigenvalue weighted by Crippen LogP contribution is -2.61. The second-order valence-electron chi connectivity index (χ2n) is 15.7. The predicted octanol–water partition coefficient (Wildman–Crippen LogP) is 4.29. The lowest BCUT2D eigenvalue weighted by molar-refractivity contribution is -0.187. The minimum atomic E-state index is -4.49. The van der Waals surface area contributed by atoms with Crippen LogP contribution in [-0.4, -0.2) is 74.7 Å². The molecule has 0 aromatic rings. The Morgan fingerprint density at radius 3 is 2.47 bits per heavy atom. The molecule has 0 amide bonds. The summed E-state index contributed by atoms with van der Waals surface area (Å²) in [6.45, 7) is 12.7. The van der Waals surface area contributed by atoms with Gasteiger partial charge in [-0.25, -0.2) is 4.18 Å². The minimum Gasteiger partial charge on any atom is -0.393 e. The van der Waals surface area contributed by atoms with E-state index in [-0.39, 0.29) is 35.1 Å². The second kappa shape index (κ2) is 13.8. The van der Waals surface area contributed by atoms with Crippen molar-refractivity contribution in [2.45, 2.75) is 135 Å². The van der Waals surface area contributed by atoms with Gasteiger partial charge in [0.15, 0.2) is 0 Å². The SMILES string of the molecule is CC(C)C(CC[C@H]1OC2CC3C(C(O)C[C@H]4C[C@@H](NCCCNCCCCN)CC[C@]34C)C3CCC1[C@@]23C)OS(=O)(=O)O. The first-order chi connectivity index (χ1) is 20.4. The molecule has 10 heteroatoms. The first kappa shape index (κ1) is 34.0. The number of hydrogen-bond donors (Lipinski definition) is 5. The molecule has 250 valence electrons. The quantitative estimate of drug-likeness (QED) is 0.133. The fourth-order valence-corrected chi connectivity index (χ4v) is 11.4. The molecule has 43 heavy (non-hydrogen) atoms. The zero-order chi connectivity index (χ0) is 31.0. The maximum Gasteiger partial charge on any atom is 0.397 e. The number of rotatable bonds is 15. The van der Waals surface area contributed by atoms with Crippen molar-refractivity contribution in [1.82, 2.24) is 10.6 Å². The molecule has 1 aliphatic heterocycles. The summed E-state index contributed by atoms with van der Waals surface area (Å²) in [5, 5.41) is 19.2. The van der Waals surface area contributed by atoms with E-state index in [0.29, 0.717) is 42.1 Å². The smallest absolute Gasteiger partial charge is 0.393 e. The summed E-state index contributed by atoms with van der Waals surface area (Å²) < 4.78 is 44.2. The third-order valence-corrected chi connectivity index (χ3v) is 13.6. The van der Waals surface area contributed by atoms with Gasteiger partial charge in [0.2, 0.25) is 0 Å². The number of unbranched alkanes of at least 4 members (excludes halogenated alkanes) is 1. The van der Waals surface area contributed by atoms with Crippen molar-refractivity contribution >= 4 is 10.4 Å². The molecule has 0 aromatic carbocycles. The standard InChI is InChI=1S/C33H61N3O6S/c1-21(2)28(42-43(38,39)40)10-11-29-24-8-9-25-31-26(20-30(41-29)33(24,25)4)32(3)13-12-23(18-22(32)19-27(31)37)36-17-7-16-35-15-6-5-14-34/h21-31,35-37H,5-20,34H2,1-4H3,(H,38,39,40)/t22-,23+,24?,25?,26?,27?,28?,29-,30?,31?,32+,33-/m1/s1. The van der Waals surface area contributed by atoms with Crippen molar-refractivity contribution in [2.75, 3.05) is 26.2 Å². The monoisotopic (exact) mass is 627 g/mol. The van der Waals surface area contributed by atoms with Crippen molar-refractivity contribution < 1.29 is 27.0 Å². The Labute approximate surface area is 261 Å². The Kier molecular flexibility index (Phi) is 10.9. The first-order valence-corrected chi connectivity index (χ1v) is 18.9.